The highest BCUT2D eigenvalue weighted by atomic mass is 16.5. The molecule has 0 aliphatic carbocycles. The number of carbonyl (C=O) groups is 3. The molecule has 1 aromatic heterocycles. The molecule has 1 atom stereocenters. The number of Topliss-reactive ketones (excluding diaryl/α,β-unsaturated/α-hetero) is 1. The molecule has 7 heteroatoms. The maximum atomic E-state index is 13.2. The van der Waals surface area contributed by atoms with E-state index in [1.54, 1.807) is 36.4 Å². The van der Waals surface area contributed by atoms with Gasteiger partial charge in [0.2, 0.25) is 5.78 Å². The van der Waals surface area contributed by atoms with Gasteiger partial charge in [-0.15, -0.1) is 0 Å². The van der Waals surface area contributed by atoms with Crippen LogP contribution >= 0.6 is 0 Å². The number of hydrogen-bond acceptors (Lipinski definition) is 6. The molecule has 0 saturated carbocycles. The number of rotatable bonds is 5. The summed E-state index contributed by atoms with van der Waals surface area (Å²) in [5, 5.41) is 10.7. The van der Waals surface area contributed by atoms with Gasteiger partial charge in [-0.1, -0.05) is 18.2 Å². The fourth-order valence-corrected chi connectivity index (χ4v) is 3.72. The number of ether oxygens (including phenoxy) is 1. The zero-order valence-electron chi connectivity index (χ0n) is 17.8. The summed E-state index contributed by atoms with van der Waals surface area (Å²) in [7, 11) is 0. The lowest BCUT2D eigenvalue weighted by Crippen LogP contribution is -2.31. The van der Waals surface area contributed by atoms with Gasteiger partial charge in [0.05, 0.1) is 17.9 Å². The van der Waals surface area contributed by atoms with Gasteiger partial charge in [-0.25, -0.2) is 0 Å². The lowest BCUT2D eigenvalue weighted by atomic mass is 9.94. The van der Waals surface area contributed by atoms with E-state index in [1.807, 2.05) is 26.0 Å². The van der Waals surface area contributed by atoms with Crippen molar-refractivity contribution in [3.8, 4) is 5.75 Å². The zero-order chi connectivity index (χ0) is 23.0. The number of ketones is 1. The Bertz CT molecular complexity index is 1240. The highest BCUT2D eigenvalue weighted by Crippen LogP contribution is 2.42. The Morgan fingerprint density at radius 3 is 2.34 bits per heavy atom. The molecule has 1 unspecified atom stereocenters. The van der Waals surface area contributed by atoms with Crippen LogP contribution in [0, 0.1) is 13.8 Å². The Labute approximate surface area is 184 Å². The summed E-state index contributed by atoms with van der Waals surface area (Å²) in [5.41, 5.74) is 3.03. The molecule has 3 aromatic rings. The first-order chi connectivity index (χ1) is 15.3. The molecular formula is C25H21NO6. The van der Waals surface area contributed by atoms with Crippen LogP contribution < -0.4 is 9.64 Å². The molecule has 4 rings (SSSR count). The summed E-state index contributed by atoms with van der Waals surface area (Å²) in [6, 6.07) is 14.1. The quantitative estimate of drug-likeness (QED) is 0.360. The SMILES string of the molecule is CC(=O)Oc1ccc(C2C(C(=O)c3ccco3)=C(O)C(=O)N2c2ccc(C)c(C)c2)cc1. The standard InChI is InChI=1S/C25H21NO6/c1-14-6-9-18(13-15(14)2)26-22(17-7-10-19(11-8-17)32-16(3)27)21(24(29)25(26)30)23(28)20-5-4-12-31-20/h4-13,22,29H,1-3H3. The van der Waals surface area contributed by atoms with E-state index in [-0.39, 0.29) is 11.3 Å². The molecule has 0 spiro atoms. The van der Waals surface area contributed by atoms with Gasteiger partial charge in [-0.05, 0) is 66.9 Å². The van der Waals surface area contributed by atoms with Crippen molar-refractivity contribution in [3.05, 3.63) is 94.6 Å². The van der Waals surface area contributed by atoms with Crippen LogP contribution in [0.25, 0.3) is 0 Å². The molecule has 1 aliphatic heterocycles. The number of esters is 1. The Morgan fingerprint density at radius 1 is 1.03 bits per heavy atom. The smallest absolute Gasteiger partial charge is 0.308 e. The monoisotopic (exact) mass is 431 g/mol. The average Bonchev–Trinajstić information content (AvgIpc) is 3.38. The largest absolute Gasteiger partial charge is 0.503 e. The molecule has 1 N–H and O–H groups in total. The maximum Gasteiger partial charge on any atom is 0.308 e. The molecule has 2 heterocycles. The van der Waals surface area contributed by atoms with Crippen LogP contribution in [0.1, 0.15) is 40.2 Å². The molecule has 0 fully saturated rings. The predicted octanol–water partition coefficient (Wildman–Crippen LogP) is 4.60. The number of aryl methyl sites for hydroxylation is 2. The Kier molecular flexibility index (Phi) is 5.40. The number of anilines is 1. The fourth-order valence-electron chi connectivity index (χ4n) is 3.72. The summed E-state index contributed by atoms with van der Waals surface area (Å²) in [4.78, 5) is 39.0. The maximum absolute atomic E-state index is 13.2. The van der Waals surface area contributed by atoms with Crippen LogP contribution in [0.15, 0.2) is 76.6 Å². The normalized spacial score (nSPS) is 15.9. The van der Waals surface area contributed by atoms with Crippen molar-refractivity contribution in [2.24, 2.45) is 0 Å². The number of hydrogen-bond donors (Lipinski definition) is 1. The first-order valence-corrected chi connectivity index (χ1v) is 9.98. The van der Waals surface area contributed by atoms with Gasteiger partial charge in [0.1, 0.15) is 5.75 Å². The molecule has 0 saturated heterocycles. The van der Waals surface area contributed by atoms with Crippen molar-refractivity contribution in [2.75, 3.05) is 4.90 Å². The molecule has 2 aromatic carbocycles. The summed E-state index contributed by atoms with van der Waals surface area (Å²) < 4.78 is 10.3. The van der Waals surface area contributed by atoms with Crippen LogP contribution in [0.2, 0.25) is 0 Å². The number of aliphatic hydroxyl groups is 1. The summed E-state index contributed by atoms with van der Waals surface area (Å²) in [6.45, 7) is 5.17. The predicted molar refractivity (Wildman–Crippen MR) is 117 cm³/mol. The van der Waals surface area contributed by atoms with E-state index in [4.69, 9.17) is 9.15 Å². The number of nitrogens with zero attached hydrogens (tertiary/aromatic N) is 1. The van der Waals surface area contributed by atoms with Crippen molar-refractivity contribution in [2.45, 2.75) is 26.8 Å². The minimum atomic E-state index is -0.895. The van der Waals surface area contributed by atoms with Crippen LogP contribution in [-0.2, 0) is 9.59 Å². The number of amides is 1. The second kappa shape index (κ2) is 8.19. The van der Waals surface area contributed by atoms with Crippen LogP contribution in [0.5, 0.6) is 5.75 Å². The van der Waals surface area contributed by atoms with E-state index in [0.29, 0.717) is 17.0 Å². The summed E-state index contributed by atoms with van der Waals surface area (Å²) in [5.74, 6) is -2.01. The molecular weight excluding hydrogens is 410 g/mol. The second-order valence-corrected chi connectivity index (χ2v) is 7.58. The van der Waals surface area contributed by atoms with Gasteiger partial charge in [0.25, 0.3) is 5.91 Å². The first kappa shape index (κ1) is 21.1. The molecule has 1 aliphatic rings. The van der Waals surface area contributed by atoms with E-state index in [0.717, 1.165) is 11.1 Å². The van der Waals surface area contributed by atoms with Gasteiger partial charge in [-0.3, -0.25) is 19.3 Å². The van der Waals surface area contributed by atoms with Crippen molar-refractivity contribution < 1.29 is 28.6 Å². The van der Waals surface area contributed by atoms with E-state index >= 15 is 0 Å². The lowest BCUT2D eigenvalue weighted by molar-refractivity contribution is -0.131. The minimum Gasteiger partial charge on any atom is -0.503 e. The van der Waals surface area contributed by atoms with Gasteiger partial charge < -0.3 is 14.3 Å². The molecule has 0 radical (unpaired) electrons. The van der Waals surface area contributed by atoms with Gasteiger partial charge in [-0.2, -0.15) is 0 Å². The molecule has 1 amide bonds. The molecule has 32 heavy (non-hydrogen) atoms. The molecule has 162 valence electrons. The number of carbonyl (C=O) groups excluding carboxylic acids is 3. The Balaban J connectivity index is 1.84. The van der Waals surface area contributed by atoms with Crippen molar-refractivity contribution in [3.63, 3.8) is 0 Å². The highest BCUT2D eigenvalue weighted by molar-refractivity contribution is 6.20. The third-order valence-electron chi connectivity index (χ3n) is 5.42. The lowest BCUT2D eigenvalue weighted by Gasteiger charge is -2.27. The topological polar surface area (TPSA) is 97.0 Å². The number of benzene rings is 2. The van der Waals surface area contributed by atoms with E-state index in [9.17, 15) is 19.5 Å². The van der Waals surface area contributed by atoms with Gasteiger partial charge >= 0.3 is 5.97 Å². The number of aliphatic hydroxyl groups excluding tert-OH is 1. The van der Waals surface area contributed by atoms with Crippen LogP contribution in [-0.4, -0.2) is 22.8 Å². The first-order valence-electron chi connectivity index (χ1n) is 9.98. The third-order valence-corrected chi connectivity index (χ3v) is 5.42. The van der Waals surface area contributed by atoms with E-state index in [2.05, 4.69) is 0 Å². The van der Waals surface area contributed by atoms with Gasteiger partial charge in [0.15, 0.2) is 11.5 Å². The molecule has 0 bridgehead atoms. The van der Waals surface area contributed by atoms with Crippen molar-refractivity contribution in [1.82, 2.24) is 0 Å². The highest BCUT2D eigenvalue weighted by Gasteiger charge is 2.45. The van der Waals surface area contributed by atoms with Crippen LogP contribution in [0.3, 0.4) is 0 Å². The Morgan fingerprint density at radius 2 is 1.75 bits per heavy atom. The van der Waals surface area contributed by atoms with Crippen LogP contribution in [0.4, 0.5) is 5.69 Å². The van der Waals surface area contributed by atoms with Crippen molar-refractivity contribution in [1.29, 1.82) is 0 Å². The van der Waals surface area contributed by atoms with Crippen molar-refractivity contribution >= 4 is 23.3 Å². The minimum absolute atomic E-state index is 0.0165. The Hall–Kier alpha value is -4.13. The third kappa shape index (κ3) is 3.69. The van der Waals surface area contributed by atoms with E-state index in [1.165, 1.54) is 24.2 Å². The zero-order valence-corrected chi connectivity index (χ0v) is 17.8. The second-order valence-electron chi connectivity index (χ2n) is 7.58. The summed E-state index contributed by atoms with van der Waals surface area (Å²) in [6.07, 6.45) is 1.35. The number of furan rings is 1. The van der Waals surface area contributed by atoms with E-state index < -0.39 is 29.5 Å². The van der Waals surface area contributed by atoms with Gasteiger partial charge in [0, 0.05) is 12.6 Å². The fraction of sp³-hybridized carbons (Fsp3) is 0.160. The summed E-state index contributed by atoms with van der Waals surface area (Å²) >= 11 is 0. The molecule has 7 nitrogen and oxygen atoms in total. The average molecular weight is 431 g/mol.